The molecule has 1 rings (SSSR count). The van der Waals surface area contributed by atoms with Crippen molar-refractivity contribution >= 4 is 0 Å². The summed E-state index contributed by atoms with van der Waals surface area (Å²) in [5, 5.41) is 3.48. The maximum Gasteiger partial charge on any atom is 0.157 e. The summed E-state index contributed by atoms with van der Waals surface area (Å²) in [4.78, 5) is 9.19. The first-order valence-electron chi connectivity index (χ1n) is 7.45. The van der Waals surface area contributed by atoms with Crippen LogP contribution in [-0.2, 0) is 11.2 Å². The molecule has 0 fully saturated rings. The number of aromatic nitrogens is 2. The van der Waals surface area contributed by atoms with Crippen molar-refractivity contribution in [1.29, 1.82) is 0 Å². The Balaban J connectivity index is 2.81. The lowest BCUT2D eigenvalue weighted by Crippen LogP contribution is -2.29. The molecule has 0 spiro atoms. The summed E-state index contributed by atoms with van der Waals surface area (Å²) < 4.78 is 5.30. The Kier molecular flexibility index (Phi) is 6.56. The molecule has 1 heterocycles. The smallest absolute Gasteiger partial charge is 0.157 e. The van der Waals surface area contributed by atoms with Gasteiger partial charge in [-0.25, -0.2) is 9.97 Å². The van der Waals surface area contributed by atoms with Crippen molar-refractivity contribution in [1.82, 2.24) is 15.3 Å². The highest BCUT2D eigenvalue weighted by Gasteiger charge is 2.15. The number of hydrogen-bond acceptors (Lipinski definition) is 4. The monoisotopic (exact) mass is 279 g/mol. The van der Waals surface area contributed by atoms with Gasteiger partial charge in [-0.15, -0.1) is 0 Å². The van der Waals surface area contributed by atoms with E-state index >= 15 is 0 Å². The minimum absolute atomic E-state index is 0.0542. The second-order valence-electron chi connectivity index (χ2n) is 5.98. The van der Waals surface area contributed by atoms with E-state index in [-0.39, 0.29) is 6.10 Å². The first-order valence-corrected chi connectivity index (χ1v) is 7.45. The van der Waals surface area contributed by atoms with E-state index in [1.807, 2.05) is 6.92 Å². The van der Waals surface area contributed by atoms with Gasteiger partial charge in [0, 0.05) is 24.5 Å². The van der Waals surface area contributed by atoms with E-state index in [9.17, 15) is 0 Å². The summed E-state index contributed by atoms with van der Waals surface area (Å²) in [6.45, 7) is 13.7. The zero-order valence-electron chi connectivity index (χ0n) is 13.9. The highest BCUT2D eigenvalue weighted by atomic mass is 16.5. The van der Waals surface area contributed by atoms with Gasteiger partial charge in [0.25, 0.3) is 0 Å². The van der Waals surface area contributed by atoms with Gasteiger partial charge < -0.3 is 10.1 Å². The van der Waals surface area contributed by atoms with Gasteiger partial charge in [-0.1, -0.05) is 20.8 Å². The molecule has 0 bridgehead atoms. The molecule has 0 aromatic carbocycles. The lowest BCUT2D eigenvalue weighted by Gasteiger charge is -2.18. The Bertz CT molecular complexity index is 409. The average molecular weight is 279 g/mol. The molecular weight excluding hydrogens is 250 g/mol. The second kappa shape index (κ2) is 7.70. The first-order chi connectivity index (χ1) is 9.35. The Morgan fingerprint density at radius 2 is 1.60 bits per heavy atom. The molecule has 2 atom stereocenters. The van der Waals surface area contributed by atoms with Crippen LogP contribution in [0.3, 0.4) is 0 Å². The standard InChI is InChI=1S/C16H29N3O/c1-10(2)17-9-11(3)8-15-12(4)18-16(14(6)20-7)19-13(15)5/h10-11,14,17H,8-9H2,1-7H3. The minimum atomic E-state index is -0.0542. The third-order valence-electron chi connectivity index (χ3n) is 3.58. The molecule has 1 aromatic heterocycles. The minimum Gasteiger partial charge on any atom is -0.374 e. The van der Waals surface area contributed by atoms with Crippen molar-refractivity contribution in [3.8, 4) is 0 Å². The largest absolute Gasteiger partial charge is 0.374 e. The van der Waals surface area contributed by atoms with Gasteiger partial charge in [0.15, 0.2) is 5.82 Å². The Morgan fingerprint density at radius 1 is 1.05 bits per heavy atom. The number of ether oxygens (including phenoxy) is 1. The van der Waals surface area contributed by atoms with E-state index in [1.165, 1.54) is 5.56 Å². The van der Waals surface area contributed by atoms with E-state index in [0.717, 1.165) is 30.2 Å². The van der Waals surface area contributed by atoms with Gasteiger partial charge in [-0.3, -0.25) is 0 Å². The molecule has 0 saturated carbocycles. The maximum absolute atomic E-state index is 5.30. The van der Waals surface area contributed by atoms with Crippen molar-refractivity contribution < 1.29 is 4.74 Å². The topological polar surface area (TPSA) is 47.0 Å². The maximum atomic E-state index is 5.30. The molecule has 0 aliphatic rings. The normalized spacial score (nSPS) is 14.6. The van der Waals surface area contributed by atoms with Gasteiger partial charge in [0.05, 0.1) is 0 Å². The molecule has 0 aliphatic heterocycles. The fraction of sp³-hybridized carbons (Fsp3) is 0.750. The highest BCUT2D eigenvalue weighted by molar-refractivity contribution is 5.25. The van der Waals surface area contributed by atoms with Gasteiger partial charge in [0.2, 0.25) is 0 Å². The second-order valence-corrected chi connectivity index (χ2v) is 5.98. The van der Waals surface area contributed by atoms with Crippen LogP contribution < -0.4 is 5.32 Å². The quantitative estimate of drug-likeness (QED) is 0.833. The molecule has 0 saturated heterocycles. The van der Waals surface area contributed by atoms with E-state index in [4.69, 9.17) is 4.74 Å². The first kappa shape index (κ1) is 17.1. The molecular formula is C16H29N3O. The molecule has 20 heavy (non-hydrogen) atoms. The number of nitrogens with one attached hydrogen (secondary N) is 1. The van der Waals surface area contributed by atoms with E-state index in [1.54, 1.807) is 7.11 Å². The van der Waals surface area contributed by atoms with E-state index in [0.29, 0.717) is 12.0 Å². The van der Waals surface area contributed by atoms with Gasteiger partial charge in [0.1, 0.15) is 6.10 Å². The third-order valence-corrected chi connectivity index (χ3v) is 3.58. The molecule has 1 N–H and O–H groups in total. The molecule has 0 amide bonds. The van der Waals surface area contributed by atoms with E-state index < -0.39 is 0 Å². The number of nitrogens with zero attached hydrogens (tertiary/aromatic N) is 2. The highest BCUT2D eigenvalue weighted by Crippen LogP contribution is 2.19. The summed E-state index contributed by atoms with van der Waals surface area (Å²) >= 11 is 0. The molecule has 4 nitrogen and oxygen atoms in total. The summed E-state index contributed by atoms with van der Waals surface area (Å²) in [7, 11) is 1.69. The van der Waals surface area contributed by atoms with Crippen molar-refractivity contribution in [3.05, 3.63) is 22.8 Å². The van der Waals surface area contributed by atoms with Gasteiger partial charge in [-0.05, 0) is 45.2 Å². The number of rotatable bonds is 7. The molecule has 2 unspecified atom stereocenters. The molecule has 1 aromatic rings. The average Bonchev–Trinajstić information content (AvgIpc) is 2.39. The molecule has 114 valence electrons. The third kappa shape index (κ3) is 4.84. The number of hydrogen-bond donors (Lipinski definition) is 1. The Labute approximate surface area is 123 Å². The molecule has 0 radical (unpaired) electrons. The van der Waals surface area contributed by atoms with Crippen LogP contribution in [0.5, 0.6) is 0 Å². The summed E-state index contributed by atoms with van der Waals surface area (Å²) in [5.41, 5.74) is 3.43. The summed E-state index contributed by atoms with van der Waals surface area (Å²) in [6.07, 6.45) is 0.959. The van der Waals surface area contributed by atoms with Crippen LogP contribution in [0, 0.1) is 19.8 Å². The van der Waals surface area contributed by atoms with Crippen molar-refractivity contribution in [2.45, 2.75) is 60.1 Å². The van der Waals surface area contributed by atoms with Crippen molar-refractivity contribution in [3.63, 3.8) is 0 Å². The van der Waals surface area contributed by atoms with Crippen LogP contribution >= 0.6 is 0 Å². The lowest BCUT2D eigenvalue weighted by molar-refractivity contribution is 0.111. The number of methoxy groups -OCH3 is 1. The summed E-state index contributed by atoms with van der Waals surface area (Å²) in [5.74, 6) is 1.35. The van der Waals surface area contributed by atoms with E-state index in [2.05, 4.69) is 49.9 Å². The zero-order valence-corrected chi connectivity index (χ0v) is 13.9. The van der Waals surface area contributed by atoms with Crippen molar-refractivity contribution in [2.75, 3.05) is 13.7 Å². The SMILES string of the molecule is COC(C)c1nc(C)c(CC(C)CNC(C)C)c(C)n1. The van der Waals surface area contributed by atoms with Gasteiger partial charge in [-0.2, -0.15) is 0 Å². The van der Waals surface area contributed by atoms with Crippen LogP contribution in [0.1, 0.15) is 56.6 Å². The Morgan fingerprint density at radius 3 is 2.05 bits per heavy atom. The fourth-order valence-corrected chi connectivity index (χ4v) is 2.21. The number of aryl methyl sites for hydroxylation is 2. The molecule has 0 aliphatic carbocycles. The van der Waals surface area contributed by atoms with Crippen LogP contribution in [0.25, 0.3) is 0 Å². The predicted molar refractivity (Wildman–Crippen MR) is 82.9 cm³/mol. The zero-order chi connectivity index (χ0) is 15.3. The van der Waals surface area contributed by atoms with Gasteiger partial charge >= 0.3 is 0 Å². The van der Waals surface area contributed by atoms with Crippen LogP contribution in [0.15, 0.2) is 0 Å². The lowest BCUT2D eigenvalue weighted by atomic mass is 9.98. The predicted octanol–water partition coefficient (Wildman–Crippen LogP) is 2.98. The summed E-state index contributed by atoms with van der Waals surface area (Å²) in [6, 6.07) is 0.529. The van der Waals surface area contributed by atoms with Crippen LogP contribution in [-0.4, -0.2) is 29.7 Å². The van der Waals surface area contributed by atoms with Crippen LogP contribution in [0.4, 0.5) is 0 Å². The van der Waals surface area contributed by atoms with Crippen LogP contribution in [0.2, 0.25) is 0 Å². The van der Waals surface area contributed by atoms with Crippen molar-refractivity contribution in [2.24, 2.45) is 5.92 Å². The fourth-order valence-electron chi connectivity index (χ4n) is 2.21. The Hall–Kier alpha value is -1.00. The molecule has 4 heteroatoms.